The van der Waals surface area contributed by atoms with E-state index in [4.69, 9.17) is 4.98 Å². The average molecular weight is 1230 g/mol. The maximum atomic E-state index is 5.09. The van der Waals surface area contributed by atoms with Crippen LogP contribution in [0.25, 0.3) is 176 Å². The van der Waals surface area contributed by atoms with Crippen LogP contribution in [-0.2, 0) is 5.41 Å². The standard InChI is InChI=1S/C49H36N2.C43H28N2/c1-49(2,3)36-27-34-22-24-40-42(31-18-20-32(21-19-31)44-15-8-9-26-50-44)30-43(41-25-23-35(28-36)47(34)48(40)41)33-11-10-12-37(29-33)51-45-16-6-4-13-38(45)39-14-5-7-17-46(39)51;1-2-14-34(15-3-1)45-40-21-11-10-20-39(40)44-43(45)31-25-23-30(24-26-31)41-35-16-6-8-18-37(35)42(38-19-9-7-17-36(38)41)33-27-22-29-12-4-5-13-32(29)28-33/h4-30H,1-3H3;1-28H. The summed E-state index contributed by atoms with van der Waals surface area (Å²) in [6.07, 6.45) is 1.86. The Kier molecular flexibility index (Phi) is 13.4. The largest absolute Gasteiger partial charge is 0.309 e. The van der Waals surface area contributed by atoms with Gasteiger partial charge in [0.2, 0.25) is 0 Å². The second-order valence-electron chi connectivity index (χ2n) is 26.4. The highest BCUT2D eigenvalue weighted by atomic mass is 15.1. The van der Waals surface area contributed by atoms with Gasteiger partial charge in [0, 0.05) is 39.5 Å². The van der Waals surface area contributed by atoms with Gasteiger partial charge in [-0.25, -0.2) is 4.98 Å². The van der Waals surface area contributed by atoms with Crippen LogP contribution in [0.15, 0.2) is 334 Å². The molecule has 0 unspecified atom stereocenters. The van der Waals surface area contributed by atoms with Gasteiger partial charge < -0.3 is 4.57 Å². The molecule has 0 atom stereocenters. The number of hydrogen-bond donors (Lipinski definition) is 0. The summed E-state index contributed by atoms with van der Waals surface area (Å²) >= 11 is 0. The summed E-state index contributed by atoms with van der Waals surface area (Å²) in [6, 6.07) is 119. The second kappa shape index (κ2) is 22.8. The molecule has 19 rings (SSSR count). The zero-order chi connectivity index (χ0) is 64.0. The van der Waals surface area contributed by atoms with E-state index >= 15 is 0 Å². The maximum absolute atomic E-state index is 5.09. The molecule has 3 heterocycles. The lowest BCUT2D eigenvalue weighted by atomic mass is 9.81. The van der Waals surface area contributed by atoms with Crippen molar-refractivity contribution in [2.45, 2.75) is 26.2 Å². The molecule has 0 saturated carbocycles. The van der Waals surface area contributed by atoms with Crippen LogP contribution >= 0.6 is 0 Å². The van der Waals surface area contributed by atoms with E-state index in [-0.39, 0.29) is 5.41 Å². The van der Waals surface area contributed by atoms with Crippen LogP contribution in [0.2, 0.25) is 0 Å². The third-order valence-electron chi connectivity index (χ3n) is 19.7. The molecule has 0 aliphatic heterocycles. The van der Waals surface area contributed by atoms with Crippen LogP contribution < -0.4 is 0 Å². The third-order valence-corrected chi connectivity index (χ3v) is 19.7. The molecule has 4 heteroatoms. The Bertz CT molecular complexity index is 6080. The lowest BCUT2D eigenvalue weighted by Gasteiger charge is -2.23. The first-order valence-electron chi connectivity index (χ1n) is 33.2. The SMILES string of the molecule is CC(C)(C)c1cc2ccc3c(-c4ccc(-c5ccccn5)cc4)cc(-c4cccc(-n5c6ccccc6c6ccccc65)c4)c4ccc(c1)c2c34.c1ccc(-n2c(-c3ccc(-c4c5ccccc5c(-c5ccc6ccccc6c5)c5ccccc45)cc3)nc3ccccc32)cc1. The molecule has 0 aliphatic carbocycles. The van der Waals surface area contributed by atoms with Crippen LogP contribution in [0, 0.1) is 0 Å². The second-order valence-corrected chi connectivity index (χ2v) is 26.4. The molecule has 16 aromatic carbocycles. The average Bonchev–Trinajstić information content (AvgIpc) is 0.732. The number of nitrogens with zero attached hydrogens (tertiary/aromatic N) is 4. The van der Waals surface area contributed by atoms with Crippen molar-refractivity contribution < 1.29 is 0 Å². The van der Waals surface area contributed by atoms with Crippen molar-refractivity contribution in [1.82, 2.24) is 19.1 Å². The lowest BCUT2D eigenvalue weighted by Crippen LogP contribution is -2.10. The molecule has 0 fully saturated rings. The van der Waals surface area contributed by atoms with E-state index < -0.39 is 0 Å². The lowest BCUT2D eigenvalue weighted by molar-refractivity contribution is 0.591. The smallest absolute Gasteiger partial charge is 0.145 e. The first-order chi connectivity index (χ1) is 47.3. The van der Waals surface area contributed by atoms with Crippen molar-refractivity contribution in [2.24, 2.45) is 0 Å². The van der Waals surface area contributed by atoms with E-state index in [0.717, 1.165) is 45.1 Å². The summed E-state index contributed by atoms with van der Waals surface area (Å²) in [5.41, 5.74) is 21.2. The van der Waals surface area contributed by atoms with Crippen molar-refractivity contribution in [3.05, 3.63) is 339 Å². The summed E-state index contributed by atoms with van der Waals surface area (Å²) < 4.78 is 4.67. The summed E-state index contributed by atoms with van der Waals surface area (Å²) in [5.74, 6) is 0.940. The van der Waals surface area contributed by atoms with E-state index in [1.807, 2.05) is 18.3 Å². The van der Waals surface area contributed by atoms with Gasteiger partial charge in [-0.05, 0) is 193 Å². The summed E-state index contributed by atoms with van der Waals surface area (Å²) in [7, 11) is 0. The number of benzene rings is 16. The minimum absolute atomic E-state index is 0.0589. The van der Waals surface area contributed by atoms with Crippen molar-refractivity contribution in [3.8, 4) is 78.5 Å². The van der Waals surface area contributed by atoms with Gasteiger partial charge in [0.05, 0.1) is 27.8 Å². The minimum Gasteiger partial charge on any atom is -0.309 e. The van der Waals surface area contributed by atoms with Gasteiger partial charge >= 0.3 is 0 Å². The Balaban J connectivity index is 0.000000141. The third kappa shape index (κ3) is 9.51. The van der Waals surface area contributed by atoms with Gasteiger partial charge in [-0.1, -0.05) is 276 Å². The minimum atomic E-state index is 0.0589. The molecule has 4 nitrogen and oxygen atoms in total. The molecule has 0 bridgehead atoms. The first kappa shape index (κ1) is 56.5. The molecule has 0 spiro atoms. The van der Waals surface area contributed by atoms with Gasteiger partial charge in [-0.15, -0.1) is 0 Å². The molecule has 19 aromatic rings. The summed E-state index contributed by atoms with van der Waals surface area (Å²) in [4.78, 5) is 9.69. The maximum Gasteiger partial charge on any atom is 0.145 e. The Morgan fingerprint density at radius 3 is 1.42 bits per heavy atom. The Morgan fingerprint density at radius 1 is 0.281 bits per heavy atom. The van der Waals surface area contributed by atoms with Crippen molar-refractivity contribution in [2.75, 3.05) is 0 Å². The molecule has 0 saturated heterocycles. The van der Waals surface area contributed by atoms with Crippen LogP contribution in [0.4, 0.5) is 0 Å². The van der Waals surface area contributed by atoms with Gasteiger partial charge in [0.25, 0.3) is 0 Å². The zero-order valence-corrected chi connectivity index (χ0v) is 53.5. The number of aromatic nitrogens is 4. The molecule has 0 amide bonds. The number of pyridine rings is 1. The topological polar surface area (TPSA) is 35.6 Å². The molecule has 3 aromatic heterocycles. The fourth-order valence-electron chi connectivity index (χ4n) is 15.1. The fourth-order valence-corrected chi connectivity index (χ4v) is 15.1. The molecule has 96 heavy (non-hydrogen) atoms. The molecule has 0 N–H and O–H groups in total. The first-order valence-corrected chi connectivity index (χ1v) is 33.2. The van der Waals surface area contributed by atoms with Crippen LogP contribution in [-0.4, -0.2) is 19.1 Å². The number of rotatable bonds is 8. The van der Waals surface area contributed by atoms with E-state index in [2.05, 4.69) is 350 Å². The number of para-hydroxylation sites is 5. The van der Waals surface area contributed by atoms with Crippen LogP contribution in [0.1, 0.15) is 26.3 Å². The molecule has 452 valence electrons. The Labute approximate surface area is 557 Å². The number of imidazole rings is 1. The summed E-state index contributed by atoms with van der Waals surface area (Å²) in [6.45, 7) is 6.90. The zero-order valence-electron chi connectivity index (χ0n) is 53.5. The monoisotopic (exact) mass is 1220 g/mol. The molecular formula is C92H64N4. The quantitative estimate of drug-likeness (QED) is 0.112. The van der Waals surface area contributed by atoms with Crippen molar-refractivity contribution >= 4 is 97.5 Å². The van der Waals surface area contributed by atoms with E-state index in [9.17, 15) is 0 Å². The highest BCUT2D eigenvalue weighted by Gasteiger charge is 2.23. The van der Waals surface area contributed by atoms with E-state index in [1.165, 1.54) is 137 Å². The van der Waals surface area contributed by atoms with Gasteiger partial charge in [0.1, 0.15) is 5.82 Å². The summed E-state index contributed by atoms with van der Waals surface area (Å²) in [5, 5.41) is 17.9. The van der Waals surface area contributed by atoms with Gasteiger partial charge in [-0.3, -0.25) is 9.55 Å². The normalized spacial score (nSPS) is 11.9. The number of hydrogen-bond acceptors (Lipinski definition) is 2. The molecular weight excluding hydrogens is 1160 g/mol. The van der Waals surface area contributed by atoms with Crippen molar-refractivity contribution in [1.29, 1.82) is 0 Å². The van der Waals surface area contributed by atoms with Crippen LogP contribution in [0.3, 0.4) is 0 Å². The predicted octanol–water partition coefficient (Wildman–Crippen LogP) is 24.9. The van der Waals surface area contributed by atoms with Gasteiger partial charge in [0.15, 0.2) is 0 Å². The highest BCUT2D eigenvalue weighted by Crippen LogP contribution is 2.48. The fraction of sp³-hybridized carbons (Fsp3) is 0.0435. The van der Waals surface area contributed by atoms with E-state index in [1.54, 1.807) is 0 Å². The Morgan fingerprint density at radius 2 is 0.781 bits per heavy atom. The van der Waals surface area contributed by atoms with Gasteiger partial charge in [-0.2, -0.15) is 0 Å². The Hall–Kier alpha value is -12.2. The highest BCUT2D eigenvalue weighted by molar-refractivity contribution is 6.29. The van der Waals surface area contributed by atoms with Crippen LogP contribution in [0.5, 0.6) is 0 Å². The van der Waals surface area contributed by atoms with Crippen molar-refractivity contribution in [3.63, 3.8) is 0 Å². The number of fused-ring (bicyclic) bond motifs is 7. The molecule has 0 radical (unpaired) electrons. The van der Waals surface area contributed by atoms with E-state index in [0.29, 0.717) is 0 Å². The predicted molar refractivity (Wildman–Crippen MR) is 407 cm³/mol. The molecule has 0 aliphatic rings.